The number of esters is 1. The third-order valence-corrected chi connectivity index (χ3v) is 5.42. The molecule has 2 aliphatic heterocycles. The molecule has 2 N–H and O–H groups in total. The van der Waals surface area contributed by atoms with Crippen LogP contribution in [-0.2, 0) is 10.3 Å². The van der Waals surface area contributed by atoms with Gasteiger partial charge < -0.3 is 19.9 Å². The molecule has 0 saturated carbocycles. The van der Waals surface area contributed by atoms with Crippen molar-refractivity contribution in [2.24, 2.45) is 0 Å². The van der Waals surface area contributed by atoms with Crippen molar-refractivity contribution in [2.45, 2.75) is 12.5 Å². The van der Waals surface area contributed by atoms with Crippen molar-refractivity contribution in [3.05, 3.63) is 95.1 Å². The van der Waals surface area contributed by atoms with Crippen molar-refractivity contribution in [1.82, 2.24) is 0 Å². The number of benzene rings is 3. The Labute approximate surface area is 168 Å². The summed E-state index contributed by atoms with van der Waals surface area (Å²) < 4.78 is 18.1. The second kappa shape index (κ2) is 6.14. The number of hydrogen-bond acceptors (Lipinski definition) is 5. The van der Waals surface area contributed by atoms with Gasteiger partial charge in [0, 0.05) is 11.3 Å². The van der Waals surface area contributed by atoms with Gasteiger partial charge in [-0.3, -0.25) is 0 Å². The summed E-state index contributed by atoms with van der Waals surface area (Å²) in [4.78, 5) is 12.8. The quantitative estimate of drug-likeness (QED) is 0.402. The molecule has 1 spiro atoms. The molecule has 0 bridgehead atoms. The summed E-state index contributed by atoms with van der Waals surface area (Å²) in [7, 11) is 0. The van der Waals surface area contributed by atoms with Crippen LogP contribution in [-0.4, -0.2) is 12.6 Å². The Balaban J connectivity index is 1.86. The van der Waals surface area contributed by atoms with Gasteiger partial charge in [0.25, 0.3) is 0 Å². The van der Waals surface area contributed by atoms with Crippen LogP contribution in [0.15, 0.2) is 67.3 Å². The second-order valence-corrected chi connectivity index (χ2v) is 7.15. The van der Waals surface area contributed by atoms with E-state index in [9.17, 15) is 4.79 Å². The zero-order valence-electron chi connectivity index (χ0n) is 15.9. The molecule has 5 nitrogen and oxygen atoms in total. The van der Waals surface area contributed by atoms with Gasteiger partial charge >= 0.3 is 5.97 Å². The standard InChI is InChI=1S/C24H19NO4/c1-3-11-27-20-13-17-21(12-14(20)2)28-19-10-6-9-18(25)22(19)24(17)16-8-5-4-7-15(16)23(26)29-24/h3-10,12-13H,1,11,25H2,2H3. The molecule has 5 heteroatoms. The number of nitrogen functional groups attached to an aromatic ring is 1. The number of aryl methyl sites for hydroxylation is 1. The highest BCUT2D eigenvalue weighted by Crippen LogP contribution is 2.58. The number of rotatable bonds is 3. The Hall–Kier alpha value is -3.73. The van der Waals surface area contributed by atoms with Gasteiger partial charge in [-0.2, -0.15) is 0 Å². The highest BCUT2D eigenvalue weighted by atomic mass is 16.6. The van der Waals surface area contributed by atoms with E-state index >= 15 is 0 Å². The molecule has 1 atom stereocenters. The number of nitrogens with two attached hydrogens (primary N) is 1. The van der Waals surface area contributed by atoms with Crippen molar-refractivity contribution in [3.63, 3.8) is 0 Å². The van der Waals surface area contributed by atoms with Gasteiger partial charge in [0.1, 0.15) is 23.9 Å². The van der Waals surface area contributed by atoms with Crippen LogP contribution in [0.3, 0.4) is 0 Å². The molecule has 0 saturated heterocycles. The van der Waals surface area contributed by atoms with Gasteiger partial charge in [0.15, 0.2) is 5.60 Å². The molecular formula is C24H19NO4. The fourth-order valence-corrected chi connectivity index (χ4v) is 4.19. The van der Waals surface area contributed by atoms with Crippen molar-refractivity contribution in [2.75, 3.05) is 12.3 Å². The van der Waals surface area contributed by atoms with Crippen molar-refractivity contribution in [1.29, 1.82) is 0 Å². The number of carbonyl (C=O) groups is 1. The first-order valence-corrected chi connectivity index (χ1v) is 9.34. The minimum atomic E-state index is -1.19. The van der Waals surface area contributed by atoms with E-state index in [0.29, 0.717) is 46.2 Å². The first-order valence-electron chi connectivity index (χ1n) is 9.34. The number of carbonyl (C=O) groups excluding carboxylic acids is 1. The van der Waals surface area contributed by atoms with Crippen LogP contribution in [0.4, 0.5) is 5.69 Å². The summed E-state index contributed by atoms with van der Waals surface area (Å²) in [5.74, 6) is 1.46. The smallest absolute Gasteiger partial charge is 0.340 e. The molecule has 3 aromatic carbocycles. The van der Waals surface area contributed by atoms with Gasteiger partial charge in [-0.25, -0.2) is 4.79 Å². The first kappa shape index (κ1) is 17.4. The second-order valence-electron chi connectivity index (χ2n) is 7.15. The molecule has 29 heavy (non-hydrogen) atoms. The van der Waals surface area contributed by atoms with Crippen LogP contribution in [0.2, 0.25) is 0 Å². The molecule has 2 heterocycles. The molecule has 2 aliphatic rings. The normalized spacial score (nSPS) is 18.3. The number of ether oxygens (including phenoxy) is 3. The molecule has 0 aliphatic carbocycles. The Morgan fingerprint density at radius 3 is 2.76 bits per heavy atom. The first-order chi connectivity index (χ1) is 14.1. The van der Waals surface area contributed by atoms with Crippen molar-refractivity contribution in [3.8, 4) is 17.2 Å². The summed E-state index contributed by atoms with van der Waals surface area (Å²) in [6.07, 6.45) is 1.68. The lowest BCUT2D eigenvalue weighted by molar-refractivity contribution is 0.0226. The zero-order valence-corrected chi connectivity index (χ0v) is 15.9. The molecule has 0 aromatic heterocycles. The van der Waals surface area contributed by atoms with Crippen LogP contribution in [0, 0.1) is 6.92 Å². The van der Waals surface area contributed by atoms with E-state index in [4.69, 9.17) is 19.9 Å². The fourth-order valence-electron chi connectivity index (χ4n) is 4.19. The van der Waals surface area contributed by atoms with Gasteiger partial charge in [-0.05, 0) is 42.8 Å². The largest absolute Gasteiger partial charge is 0.489 e. The Morgan fingerprint density at radius 2 is 1.93 bits per heavy atom. The predicted octanol–water partition coefficient (Wildman–Crippen LogP) is 4.71. The molecular weight excluding hydrogens is 366 g/mol. The molecule has 144 valence electrons. The van der Waals surface area contributed by atoms with Crippen molar-refractivity contribution >= 4 is 11.7 Å². The van der Waals surface area contributed by atoms with Crippen LogP contribution in [0.25, 0.3) is 0 Å². The van der Waals surface area contributed by atoms with E-state index in [-0.39, 0.29) is 0 Å². The zero-order chi connectivity index (χ0) is 20.2. The van der Waals surface area contributed by atoms with E-state index < -0.39 is 11.6 Å². The molecule has 3 aromatic rings. The molecule has 5 rings (SSSR count). The maximum absolute atomic E-state index is 12.8. The third kappa shape index (κ3) is 2.30. The van der Waals surface area contributed by atoms with Gasteiger partial charge in [-0.15, -0.1) is 0 Å². The Kier molecular flexibility index (Phi) is 3.68. The van der Waals surface area contributed by atoms with Gasteiger partial charge in [-0.1, -0.05) is 36.9 Å². The maximum Gasteiger partial charge on any atom is 0.340 e. The summed E-state index contributed by atoms with van der Waals surface area (Å²) in [6.45, 7) is 6.02. The van der Waals surface area contributed by atoms with E-state index in [1.165, 1.54) is 0 Å². The summed E-state index contributed by atoms with van der Waals surface area (Å²) in [6, 6.07) is 16.6. The SMILES string of the molecule is C=CCOc1cc2c(cc1C)Oc1cccc(N)c1C21OC(=O)c2ccccc21. The highest BCUT2D eigenvalue weighted by Gasteiger charge is 2.54. The van der Waals surface area contributed by atoms with Crippen LogP contribution < -0.4 is 15.2 Å². The predicted molar refractivity (Wildman–Crippen MR) is 110 cm³/mol. The number of anilines is 1. The minimum Gasteiger partial charge on any atom is -0.489 e. The number of hydrogen-bond donors (Lipinski definition) is 1. The van der Waals surface area contributed by atoms with Gasteiger partial charge in [0.2, 0.25) is 0 Å². The average Bonchev–Trinajstić information content (AvgIpc) is 3.00. The lowest BCUT2D eigenvalue weighted by Gasteiger charge is -2.37. The van der Waals surface area contributed by atoms with E-state index in [1.807, 2.05) is 49.4 Å². The van der Waals surface area contributed by atoms with Crippen LogP contribution >= 0.6 is 0 Å². The Morgan fingerprint density at radius 1 is 1.10 bits per heavy atom. The van der Waals surface area contributed by atoms with E-state index in [1.54, 1.807) is 18.2 Å². The van der Waals surface area contributed by atoms with Gasteiger partial charge in [0.05, 0.1) is 16.7 Å². The van der Waals surface area contributed by atoms with Crippen LogP contribution in [0.1, 0.15) is 32.6 Å². The monoisotopic (exact) mass is 385 g/mol. The highest BCUT2D eigenvalue weighted by molar-refractivity contribution is 5.97. The van der Waals surface area contributed by atoms with E-state index in [2.05, 4.69) is 6.58 Å². The fraction of sp³-hybridized carbons (Fsp3) is 0.125. The lowest BCUT2D eigenvalue weighted by atomic mass is 9.76. The molecule has 0 fully saturated rings. The summed E-state index contributed by atoms with van der Waals surface area (Å²) in [5.41, 5.74) is 9.17. The summed E-state index contributed by atoms with van der Waals surface area (Å²) in [5, 5.41) is 0. The van der Waals surface area contributed by atoms with Crippen molar-refractivity contribution < 1.29 is 19.0 Å². The lowest BCUT2D eigenvalue weighted by Crippen LogP contribution is -2.34. The molecule has 1 unspecified atom stereocenters. The average molecular weight is 385 g/mol. The maximum atomic E-state index is 12.8. The Bertz CT molecular complexity index is 1180. The molecule has 0 amide bonds. The summed E-state index contributed by atoms with van der Waals surface area (Å²) >= 11 is 0. The molecule has 0 radical (unpaired) electrons. The number of fused-ring (bicyclic) bond motifs is 6. The van der Waals surface area contributed by atoms with E-state index in [0.717, 1.165) is 11.1 Å². The third-order valence-electron chi connectivity index (χ3n) is 5.42. The minimum absolute atomic E-state index is 0.364. The topological polar surface area (TPSA) is 70.8 Å². The van der Waals surface area contributed by atoms with Crippen LogP contribution in [0.5, 0.6) is 17.2 Å².